The lowest BCUT2D eigenvalue weighted by atomic mass is 9.74. The topological polar surface area (TPSA) is 62.2 Å². The first-order valence-corrected chi connectivity index (χ1v) is 10.6. The summed E-state index contributed by atoms with van der Waals surface area (Å²) in [4.78, 5) is 2.06. The Hall–Kier alpha value is -3.10. The van der Waals surface area contributed by atoms with Crippen molar-refractivity contribution >= 4 is 18.3 Å². The molecule has 0 bridgehead atoms. The minimum atomic E-state index is -2.58. The van der Waals surface area contributed by atoms with E-state index in [0.29, 0.717) is 24.3 Å². The van der Waals surface area contributed by atoms with Crippen LogP contribution in [0.15, 0.2) is 60.7 Å². The van der Waals surface area contributed by atoms with Crippen molar-refractivity contribution in [2.45, 2.75) is 32.9 Å². The molecule has 0 radical (unpaired) electrons. The van der Waals surface area contributed by atoms with Crippen LogP contribution < -0.4 is 19.8 Å². The molecular weight excluding hydrogens is 427 g/mol. The van der Waals surface area contributed by atoms with E-state index in [0.717, 1.165) is 22.6 Å². The summed E-state index contributed by atoms with van der Waals surface area (Å²) in [5.74, 6) is 1.50. The number of methoxy groups -OCH3 is 2. The van der Waals surface area contributed by atoms with E-state index in [2.05, 4.69) is 4.90 Å². The smallest absolute Gasteiger partial charge is 0.488 e. The second kappa shape index (κ2) is 11.2. The summed E-state index contributed by atoms with van der Waals surface area (Å²) in [5.41, 5.74) is 3.69. The molecule has 0 saturated carbocycles. The first kappa shape index (κ1) is 24.5. The molecule has 0 atom stereocenters. The lowest BCUT2D eigenvalue weighted by Gasteiger charge is -2.27. The highest BCUT2D eigenvalue weighted by molar-refractivity contribution is 6.59. The summed E-state index contributed by atoms with van der Waals surface area (Å²) >= 11 is 0. The molecule has 2 N–H and O–H groups in total. The summed E-state index contributed by atoms with van der Waals surface area (Å²) in [7, 11) is 1.37. The van der Waals surface area contributed by atoms with E-state index in [9.17, 15) is 18.8 Å². The van der Waals surface area contributed by atoms with Gasteiger partial charge in [-0.1, -0.05) is 24.3 Å². The number of hydrogen-bond acceptors (Lipinski definition) is 5. The van der Waals surface area contributed by atoms with Crippen LogP contribution in [0, 0.1) is 6.92 Å². The normalized spacial score (nSPS) is 10.9. The molecule has 0 aliphatic heterocycles. The highest BCUT2D eigenvalue weighted by Crippen LogP contribution is 2.25. The molecule has 0 fully saturated rings. The number of halogens is 2. The molecule has 0 aromatic heterocycles. The molecule has 0 heterocycles. The molecule has 3 rings (SSSR count). The van der Waals surface area contributed by atoms with Gasteiger partial charge >= 0.3 is 7.12 Å². The van der Waals surface area contributed by atoms with Crippen LogP contribution in [0.2, 0.25) is 0 Å². The zero-order valence-electron chi connectivity index (χ0n) is 19.0. The van der Waals surface area contributed by atoms with Crippen LogP contribution in [0.1, 0.15) is 22.3 Å². The lowest BCUT2D eigenvalue weighted by molar-refractivity contribution is 0.149. The number of alkyl halides is 2. The number of hydrogen-bond donors (Lipinski definition) is 2. The number of nitrogens with zero attached hydrogens (tertiary/aromatic N) is 1. The highest BCUT2D eigenvalue weighted by atomic mass is 19.3. The van der Waals surface area contributed by atoms with E-state index in [4.69, 9.17) is 9.47 Å². The minimum absolute atomic E-state index is 0.0970. The van der Waals surface area contributed by atoms with Crippen molar-refractivity contribution in [2.75, 3.05) is 19.1 Å². The molecule has 0 amide bonds. The number of benzene rings is 3. The number of rotatable bonds is 10. The molecule has 0 spiro atoms. The first-order valence-electron chi connectivity index (χ1n) is 10.6. The predicted molar refractivity (Wildman–Crippen MR) is 127 cm³/mol. The predicted octanol–water partition coefficient (Wildman–Crippen LogP) is 3.71. The van der Waals surface area contributed by atoms with Crippen LogP contribution in [0.4, 0.5) is 14.5 Å². The molecule has 0 unspecified atom stereocenters. The van der Waals surface area contributed by atoms with E-state index in [1.807, 2.05) is 54.6 Å². The van der Waals surface area contributed by atoms with Crippen LogP contribution in [-0.4, -0.2) is 37.8 Å². The summed E-state index contributed by atoms with van der Waals surface area (Å²) in [6.45, 7) is 2.75. The maximum absolute atomic E-state index is 13.1. The number of ether oxygens (including phenoxy) is 2. The third kappa shape index (κ3) is 6.46. The molecule has 3 aromatic rings. The second-order valence-corrected chi connectivity index (χ2v) is 7.85. The SMILES string of the molecule is COc1ccc(CN(Cc2ccc(OC)cc2)c2cc(C)c(CC(F)F)c(B(O)O)c2)cc1. The van der Waals surface area contributed by atoms with Gasteiger partial charge in [0.05, 0.1) is 14.2 Å². The Labute approximate surface area is 193 Å². The Bertz CT molecular complexity index is 994. The van der Waals surface area contributed by atoms with E-state index >= 15 is 0 Å². The van der Waals surface area contributed by atoms with Crippen molar-refractivity contribution in [3.8, 4) is 11.5 Å². The van der Waals surface area contributed by atoms with Crippen LogP contribution in [0.3, 0.4) is 0 Å². The van der Waals surface area contributed by atoms with Gasteiger partial charge in [0, 0.05) is 25.2 Å². The molecule has 5 nitrogen and oxygen atoms in total. The van der Waals surface area contributed by atoms with Gasteiger partial charge in [-0.05, 0) is 71.0 Å². The number of anilines is 1. The molecule has 0 aliphatic rings. The van der Waals surface area contributed by atoms with Gasteiger partial charge in [0.1, 0.15) is 11.5 Å². The van der Waals surface area contributed by atoms with Crippen molar-refractivity contribution in [3.63, 3.8) is 0 Å². The highest BCUT2D eigenvalue weighted by Gasteiger charge is 2.23. The minimum Gasteiger partial charge on any atom is -0.497 e. The quantitative estimate of drug-likeness (QED) is 0.457. The van der Waals surface area contributed by atoms with Crippen molar-refractivity contribution in [1.82, 2.24) is 0 Å². The fourth-order valence-electron chi connectivity index (χ4n) is 3.81. The van der Waals surface area contributed by atoms with Crippen molar-refractivity contribution in [1.29, 1.82) is 0 Å². The fourth-order valence-corrected chi connectivity index (χ4v) is 3.81. The maximum Gasteiger partial charge on any atom is 0.488 e. The average molecular weight is 455 g/mol. The van der Waals surface area contributed by atoms with Gasteiger partial charge in [-0.2, -0.15) is 0 Å². The molecule has 3 aromatic carbocycles. The summed E-state index contributed by atoms with van der Waals surface area (Å²) in [6, 6.07) is 18.7. The molecule has 33 heavy (non-hydrogen) atoms. The summed E-state index contributed by atoms with van der Waals surface area (Å²) < 4.78 is 36.7. The van der Waals surface area contributed by atoms with Gasteiger partial charge in [-0.3, -0.25) is 0 Å². The average Bonchev–Trinajstić information content (AvgIpc) is 2.80. The third-order valence-corrected chi connectivity index (χ3v) is 5.56. The molecule has 8 heteroatoms. The monoisotopic (exact) mass is 455 g/mol. The van der Waals surface area contributed by atoms with E-state index < -0.39 is 20.0 Å². The number of aryl methyl sites for hydroxylation is 1. The van der Waals surface area contributed by atoms with E-state index in [1.165, 1.54) is 0 Å². The van der Waals surface area contributed by atoms with Gasteiger partial charge in [-0.25, -0.2) is 8.78 Å². The van der Waals surface area contributed by atoms with Gasteiger partial charge in [0.25, 0.3) is 0 Å². The largest absolute Gasteiger partial charge is 0.497 e. The molecule has 0 saturated heterocycles. The van der Waals surface area contributed by atoms with Crippen LogP contribution >= 0.6 is 0 Å². The first-order chi connectivity index (χ1) is 15.8. The second-order valence-electron chi connectivity index (χ2n) is 7.85. The molecule has 0 aliphatic carbocycles. The Morgan fingerprint density at radius 1 is 0.848 bits per heavy atom. The lowest BCUT2D eigenvalue weighted by Crippen LogP contribution is -2.36. The summed E-state index contributed by atoms with van der Waals surface area (Å²) in [6.07, 6.45) is -3.11. The molecular formula is C25H28BF2NO4. The van der Waals surface area contributed by atoms with Gasteiger partial charge in [-0.15, -0.1) is 0 Å². The zero-order chi connectivity index (χ0) is 24.0. The van der Waals surface area contributed by atoms with Crippen molar-refractivity contribution in [3.05, 3.63) is 82.9 Å². The van der Waals surface area contributed by atoms with Crippen molar-refractivity contribution in [2.24, 2.45) is 0 Å². The van der Waals surface area contributed by atoms with Gasteiger partial charge in [0.15, 0.2) is 0 Å². The third-order valence-electron chi connectivity index (χ3n) is 5.56. The van der Waals surface area contributed by atoms with E-state index in [1.54, 1.807) is 27.2 Å². The van der Waals surface area contributed by atoms with Crippen LogP contribution in [-0.2, 0) is 19.5 Å². The van der Waals surface area contributed by atoms with Crippen LogP contribution in [0.25, 0.3) is 0 Å². The Balaban J connectivity index is 2.00. The van der Waals surface area contributed by atoms with E-state index in [-0.39, 0.29) is 11.0 Å². The molecule has 174 valence electrons. The Kier molecular flexibility index (Phi) is 8.30. The van der Waals surface area contributed by atoms with Crippen LogP contribution in [0.5, 0.6) is 11.5 Å². The van der Waals surface area contributed by atoms with Gasteiger partial charge < -0.3 is 24.4 Å². The van der Waals surface area contributed by atoms with Gasteiger partial charge in [0.2, 0.25) is 6.43 Å². The summed E-state index contributed by atoms with van der Waals surface area (Å²) in [5, 5.41) is 19.8. The standard InChI is InChI=1S/C25H28BF2NO4/c1-17-12-20(13-24(26(30)31)23(17)14-25(27)28)29(15-18-4-8-21(32-2)9-5-18)16-19-6-10-22(33-3)11-7-19/h4-13,25,30-31H,14-16H2,1-3H3. The van der Waals surface area contributed by atoms with Crippen molar-refractivity contribution < 1.29 is 28.3 Å². The fraction of sp³-hybridized carbons (Fsp3) is 0.280. The Morgan fingerprint density at radius 3 is 1.73 bits per heavy atom. The maximum atomic E-state index is 13.1. The zero-order valence-corrected chi connectivity index (χ0v) is 19.0. The Morgan fingerprint density at radius 2 is 1.33 bits per heavy atom.